The molecule has 2 heterocycles. The highest BCUT2D eigenvalue weighted by Gasteiger charge is 2.13. The highest BCUT2D eigenvalue weighted by atomic mass is 32.1. The van der Waals surface area contributed by atoms with Gasteiger partial charge in [0.1, 0.15) is 12.3 Å². The van der Waals surface area contributed by atoms with Crippen molar-refractivity contribution in [2.45, 2.75) is 39.2 Å². The van der Waals surface area contributed by atoms with Crippen LogP contribution in [0.4, 0.5) is 0 Å². The summed E-state index contributed by atoms with van der Waals surface area (Å²) < 4.78 is 5.34. The average molecular weight is 377 g/mol. The van der Waals surface area contributed by atoms with Crippen LogP contribution in [0.25, 0.3) is 0 Å². The van der Waals surface area contributed by atoms with E-state index >= 15 is 0 Å². The maximum Gasteiger partial charge on any atom is 0.242 e. The first-order valence-electron chi connectivity index (χ1n) is 8.80. The first-order chi connectivity index (χ1) is 12.4. The molecule has 0 spiro atoms. The van der Waals surface area contributed by atoms with E-state index in [9.17, 15) is 4.79 Å². The number of nitrogens with one attached hydrogen (secondary N) is 3. The van der Waals surface area contributed by atoms with Crippen molar-refractivity contribution in [2.75, 3.05) is 19.6 Å². The lowest BCUT2D eigenvalue weighted by atomic mass is 10.1. The largest absolute Gasteiger partial charge is 0.469 e. The second kappa shape index (κ2) is 10.0. The third-order valence-electron chi connectivity index (χ3n) is 3.38. The Hall–Kier alpha value is -2.28. The van der Waals surface area contributed by atoms with Crippen molar-refractivity contribution >= 4 is 23.2 Å². The van der Waals surface area contributed by atoms with Crippen LogP contribution in [0, 0.1) is 0 Å². The van der Waals surface area contributed by atoms with E-state index in [1.807, 2.05) is 39.0 Å². The molecule has 26 heavy (non-hydrogen) atoms. The molecule has 7 heteroatoms. The molecule has 0 bridgehead atoms. The Morgan fingerprint density at radius 2 is 1.92 bits per heavy atom. The van der Waals surface area contributed by atoms with Crippen molar-refractivity contribution in [3.63, 3.8) is 0 Å². The fourth-order valence-electron chi connectivity index (χ4n) is 2.30. The number of nitrogens with zero attached hydrogens (tertiary/aromatic N) is 1. The summed E-state index contributed by atoms with van der Waals surface area (Å²) in [6.07, 6.45) is 3.35. The number of carbonyl (C=O) groups is 1. The lowest BCUT2D eigenvalue weighted by molar-refractivity contribution is -0.121. The molecule has 142 valence electrons. The number of amides is 1. The standard InChI is InChI=1S/C19H28N4O2S/c1-19(2,3)23-17(24)14-22-18(20-10-8-15-6-4-12-25-15)21-11-9-16-7-5-13-26-16/h4-7,12-13H,8-11,14H2,1-3H3,(H,23,24)(H2,20,21,22). The van der Waals surface area contributed by atoms with Gasteiger partial charge in [-0.3, -0.25) is 4.79 Å². The number of hydrogen-bond donors (Lipinski definition) is 3. The molecule has 2 rings (SSSR count). The SMILES string of the molecule is CC(C)(C)NC(=O)CN=C(NCCc1ccco1)NCCc1cccs1. The zero-order valence-electron chi connectivity index (χ0n) is 15.7. The topological polar surface area (TPSA) is 78.7 Å². The monoisotopic (exact) mass is 376 g/mol. The number of hydrogen-bond acceptors (Lipinski definition) is 4. The Labute approximate surface area is 159 Å². The molecule has 0 fully saturated rings. The van der Waals surface area contributed by atoms with E-state index in [0.717, 1.165) is 25.1 Å². The maximum atomic E-state index is 12.0. The van der Waals surface area contributed by atoms with Crippen LogP contribution in [0.3, 0.4) is 0 Å². The van der Waals surface area contributed by atoms with Gasteiger partial charge in [-0.2, -0.15) is 0 Å². The van der Waals surface area contributed by atoms with Gasteiger partial charge in [-0.1, -0.05) is 6.07 Å². The Morgan fingerprint density at radius 3 is 2.54 bits per heavy atom. The van der Waals surface area contributed by atoms with E-state index in [1.165, 1.54) is 4.88 Å². The van der Waals surface area contributed by atoms with Gasteiger partial charge in [0, 0.05) is 29.9 Å². The predicted octanol–water partition coefficient (Wildman–Crippen LogP) is 2.58. The molecule has 1 amide bonds. The van der Waals surface area contributed by atoms with Crippen LogP contribution >= 0.6 is 11.3 Å². The molecule has 0 radical (unpaired) electrons. The van der Waals surface area contributed by atoms with Gasteiger partial charge in [0.05, 0.1) is 6.26 Å². The van der Waals surface area contributed by atoms with E-state index in [0.29, 0.717) is 12.5 Å². The summed E-state index contributed by atoms with van der Waals surface area (Å²) in [5, 5.41) is 11.5. The van der Waals surface area contributed by atoms with Crippen LogP contribution in [-0.2, 0) is 17.6 Å². The fraction of sp³-hybridized carbons (Fsp3) is 0.474. The Balaban J connectivity index is 1.83. The third-order valence-corrected chi connectivity index (χ3v) is 4.32. The molecule has 3 N–H and O–H groups in total. The number of rotatable bonds is 8. The summed E-state index contributed by atoms with van der Waals surface area (Å²) in [6.45, 7) is 7.39. The summed E-state index contributed by atoms with van der Waals surface area (Å²) >= 11 is 1.74. The molecule has 0 aliphatic rings. The molecule has 0 atom stereocenters. The van der Waals surface area contributed by atoms with Gasteiger partial charge in [-0.15, -0.1) is 11.3 Å². The highest BCUT2D eigenvalue weighted by Crippen LogP contribution is 2.08. The van der Waals surface area contributed by atoms with Crippen molar-refractivity contribution in [3.05, 3.63) is 46.5 Å². The minimum atomic E-state index is -0.258. The van der Waals surface area contributed by atoms with Gasteiger partial charge in [0.25, 0.3) is 0 Å². The summed E-state index contributed by atoms with van der Waals surface area (Å²) in [4.78, 5) is 17.7. The van der Waals surface area contributed by atoms with Crippen LogP contribution in [0.15, 0.2) is 45.3 Å². The number of furan rings is 1. The van der Waals surface area contributed by atoms with Crippen LogP contribution in [0.5, 0.6) is 0 Å². The minimum Gasteiger partial charge on any atom is -0.469 e. The molecular formula is C19H28N4O2S. The first-order valence-corrected chi connectivity index (χ1v) is 9.68. The van der Waals surface area contributed by atoms with E-state index in [4.69, 9.17) is 4.42 Å². The summed E-state index contributed by atoms with van der Waals surface area (Å²) in [6, 6.07) is 7.98. The van der Waals surface area contributed by atoms with Gasteiger partial charge in [0.15, 0.2) is 5.96 Å². The van der Waals surface area contributed by atoms with Crippen molar-refractivity contribution < 1.29 is 9.21 Å². The lowest BCUT2D eigenvalue weighted by Crippen LogP contribution is -2.43. The van der Waals surface area contributed by atoms with Crippen molar-refractivity contribution in [1.82, 2.24) is 16.0 Å². The fourth-order valence-corrected chi connectivity index (χ4v) is 3.01. The molecule has 0 aliphatic carbocycles. The lowest BCUT2D eigenvalue weighted by Gasteiger charge is -2.20. The minimum absolute atomic E-state index is 0.0896. The van der Waals surface area contributed by atoms with Gasteiger partial charge in [0.2, 0.25) is 5.91 Å². The second-order valence-electron chi connectivity index (χ2n) is 6.98. The van der Waals surface area contributed by atoms with E-state index in [-0.39, 0.29) is 18.0 Å². The molecule has 0 aromatic carbocycles. The van der Waals surface area contributed by atoms with Crippen molar-refractivity contribution in [2.24, 2.45) is 4.99 Å². The first kappa shape index (κ1) is 20.0. The summed E-state index contributed by atoms with van der Waals surface area (Å²) in [5.41, 5.74) is -0.258. The third kappa shape index (κ3) is 8.20. The quantitative estimate of drug-likeness (QED) is 0.489. The zero-order chi connectivity index (χ0) is 18.8. The van der Waals surface area contributed by atoms with E-state index in [2.05, 4.69) is 32.4 Å². The van der Waals surface area contributed by atoms with Crippen molar-refractivity contribution in [3.8, 4) is 0 Å². The molecular weight excluding hydrogens is 348 g/mol. The molecule has 0 unspecified atom stereocenters. The Morgan fingerprint density at radius 1 is 1.15 bits per heavy atom. The van der Waals surface area contributed by atoms with Crippen LogP contribution in [0.1, 0.15) is 31.4 Å². The zero-order valence-corrected chi connectivity index (χ0v) is 16.5. The molecule has 2 aromatic rings. The predicted molar refractivity (Wildman–Crippen MR) is 107 cm³/mol. The maximum absolute atomic E-state index is 12.0. The van der Waals surface area contributed by atoms with E-state index < -0.39 is 0 Å². The van der Waals surface area contributed by atoms with Crippen LogP contribution < -0.4 is 16.0 Å². The molecule has 0 saturated carbocycles. The number of carbonyl (C=O) groups excluding carboxylic acids is 1. The Kier molecular flexibility index (Phi) is 7.72. The smallest absolute Gasteiger partial charge is 0.242 e. The van der Waals surface area contributed by atoms with Gasteiger partial charge in [-0.05, 0) is 50.8 Å². The normalized spacial score (nSPS) is 12.0. The summed E-state index contributed by atoms with van der Waals surface area (Å²) in [7, 11) is 0. The molecule has 6 nitrogen and oxygen atoms in total. The molecule has 0 saturated heterocycles. The van der Waals surface area contributed by atoms with Gasteiger partial charge >= 0.3 is 0 Å². The Bertz CT molecular complexity index is 631. The number of aliphatic imine (C=N–C) groups is 1. The van der Waals surface area contributed by atoms with Crippen LogP contribution in [-0.4, -0.2) is 37.0 Å². The summed E-state index contributed by atoms with van der Waals surface area (Å²) in [5.74, 6) is 1.46. The van der Waals surface area contributed by atoms with Crippen LogP contribution in [0.2, 0.25) is 0 Å². The number of thiophene rings is 1. The average Bonchev–Trinajstić information content (AvgIpc) is 3.24. The molecule has 2 aromatic heterocycles. The van der Waals surface area contributed by atoms with Gasteiger partial charge < -0.3 is 20.4 Å². The van der Waals surface area contributed by atoms with Gasteiger partial charge in [-0.25, -0.2) is 4.99 Å². The van der Waals surface area contributed by atoms with E-state index in [1.54, 1.807) is 17.6 Å². The highest BCUT2D eigenvalue weighted by molar-refractivity contribution is 7.09. The van der Waals surface area contributed by atoms with Crippen molar-refractivity contribution in [1.29, 1.82) is 0 Å². The number of guanidine groups is 1. The second-order valence-corrected chi connectivity index (χ2v) is 8.01. The molecule has 0 aliphatic heterocycles.